The Morgan fingerprint density at radius 1 is 1.21 bits per heavy atom. The fourth-order valence-corrected chi connectivity index (χ4v) is 4.82. The molecule has 0 saturated carbocycles. The van der Waals surface area contributed by atoms with Crippen LogP contribution in [0.2, 0.25) is 0 Å². The summed E-state index contributed by atoms with van der Waals surface area (Å²) in [7, 11) is -3.48. The molecule has 9 heteroatoms. The Kier molecular flexibility index (Phi) is 9.36. The molecule has 0 aromatic heterocycles. The molecule has 1 heterocycles. The van der Waals surface area contributed by atoms with Crippen molar-refractivity contribution in [2.24, 2.45) is 11.1 Å². The zero-order valence-electron chi connectivity index (χ0n) is 16.8. The van der Waals surface area contributed by atoms with Gasteiger partial charge in [-0.25, -0.2) is 8.42 Å². The lowest BCUT2D eigenvalue weighted by Gasteiger charge is -2.35. The van der Waals surface area contributed by atoms with E-state index < -0.39 is 15.4 Å². The maximum atomic E-state index is 12.8. The van der Waals surface area contributed by atoms with Gasteiger partial charge in [-0.2, -0.15) is 4.31 Å². The van der Waals surface area contributed by atoms with Crippen LogP contribution in [0.25, 0.3) is 0 Å². The Hall–Kier alpha value is -1.19. The summed E-state index contributed by atoms with van der Waals surface area (Å²) >= 11 is 0. The van der Waals surface area contributed by atoms with E-state index in [9.17, 15) is 13.2 Å². The van der Waals surface area contributed by atoms with Crippen molar-refractivity contribution in [3.05, 3.63) is 29.8 Å². The third kappa shape index (κ3) is 5.24. The highest BCUT2D eigenvalue weighted by molar-refractivity contribution is 7.89. The normalized spacial score (nSPS) is 17.6. The summed E-state index contributed by atoms with van der Waals surface area (Å²) < 4.78 is 31.9. The quantitative estimate of drug-likeness (QED) is 0.653. The average Bonchev–Trinajstić information content (AvgIpc) is 2.69. The van der Waals surface area contributed by atoms with Gasteiger partial charge in [0.1, 0.15) is 0 Å². The number of carbonyl (C=O) groups is 1. The van der Waals surface area contributed by atoms with E-state index in [1.165, 1.54) is 4.31 Å². The Morgan fingerprint density at radius 2 is 1.75 bits per heavy atom. The van der Waals surface area contributed by atoms with Crippen molar-refractivity contribution in [2.75, 3.05) is 32.8 Å². The molecule has 0 spiro atoms. The molecule has 28 heavy (non-hydrogen) atoms. The SMILES string of the molecule is CCN(CC)S(=O)(=O)c1ccc(C(C)NC(=O)C2(CN)CCOCC2)cc1.Cl. The van der Waals surface area contributed by atoms with Crippen LogP contribution in [0.4, 0.5) is 0 Å². The predicted octanol–water partition coefficient (Wildman–Crippen LogP) is 2.07. The Balaban J connectivity index is 0.00000392. The van der Waals surface area contributed by atoms with Crippen LogP contribution >= 0.6 is 12.4 Å². The van der Waals surface area contributed by atoms with Gasteiger partial charge in [0.05, 0.1) is 16.4 Å². The smallest absolute Gasteiger partial charge is 0.243 e. The number of sulfonamides is 1. The number of nitrogens with zero attached hydrogens (tertiary/aromatic N) is 1. The van der Waals surface area contributed by atoms with E-state index in [0.29, 0.717) is 39.1 Å². The standard InChI is InChI=1S/C19H31N3O4S.ClH/c1-4-22(5-2)27(24,25)17-8-6-16(7-9-17)15(3)21-18(23)19(14-20)10-12-26-13-11-19;/h6-9,15H,4-5,10-14,20H2,1-3H3,(H,21,23);1H. The lowest BCUT2D eigenvalue weighted by molar-refractivity contribution is -0.136. The molecule has 2 rings (SSSR count). The summed E-state index contributed by atoms with van der Waals surface area (Å²) in [6, 6.07) is 6.45. The highest BCUT2D eigenvalue weighted by Gasteiger charge is 2.39. The number of nitrogens with two attached hydrogens (primary N) is 1. The Morgan fingerprint density at radius 3 is 2.21 bits per heavy atom. The van der Waals surface area contributed by atoms with Gasteiger partial charge >= 0.3 is 0 Å². The average molecular weight is 434 g/mol. The molecular weight excluding hydrogens is 402 g/mol. The van der Waals surface area contributed by atoms with Gasteiger partial charge in [0.15, 0.2) is 0 Å². The van der Waals surface area contributed by atoms with E-state index in [0.717, 1.165) is 5.56 Å². The third-order valence-electron chi connectivity index (χ3n) is 5.39. The van der Waals surface area contributed by atoms with Crippen LogP contribution in [0.5, 0.6) is 0 Å². The molecule has 1 aliphatic heterocycles. The molecule has 0 bridgehead atoms. The van der Waals surface area contributed by atoms with Crippen molar-refractivity contribution >= 4 is 28.3 Å². The van der Waals surface area contributed by atoms with Crippen LogP contribution in [0.3, 0.4) is 0 Å². The first kappa shape index (κ1) is 24.8. The molecule has 1 amide bonds. The molecule has 1 aromatic rings. The van der Waals surface area contributed by atoms with Crippen LogP contribution in [-0.2, 0) is 19.6 Å². The van der Waals surface area contributed by atoms with Crippen molar-refractivity contribution < 1.29 is 17.9 Å². The van der Waals surface area contributed by atoms with Crippen molar-refractivity contribution in [1.29, 1.82) is 0 Å². The number of nitrogens with one attached hydrogen (secondary N) is 1. The van der Waals surface area contributed by atoms with Crippen LogP contribution in [-0.4, -0.2) is 51.5 Å². The number of amides is 1. The summed E-state index contributed by atoms with van der Waals surface area (Å²) in [5, 5.41) is 3.03. The zero-order valence-corrected chi connectivity index (χ0v) is 18.4. The molecule has 1 fully saturated rings. The highest BCUT2D eigenvalue weighted by Crippen LogP contribution is 2.30. The van der Waals surface area contributed by atoms with E-state index in [4.69, 9.17) is 10.5 Å². The van der Waals surface area contributed by atoms with Gasteiger partial charge in [-0.15, -0.1) is 12.4 Å². The molecule has 1 aromatic carbocycles. The topological polar surface area (TPSA) is 102 Å². The fourth-order valence-electron chi connectivity index (χ4n) is 3.36. The van der Waals surface area contributed by atoms with Crippen molar-refractivity contribution in [3.8, 4) is 0 Å². The van der Waals surface area contributed by atoms with Crippen LogP contribution in [0, 0.1) is 5.41 Å². The zero-order chi connectivity index (χ0) is 20.1. The van der Waals surface area contributed by atoms with E-state index in [1.54, 1.807) is 24.3 Å². The maximum absolute atomic E-state index is 12.8. The molecule has 7 nitrogen and oxygen atoms in total. The Bertz CT molecular complexity index is 730. The largest absolute Gasteiger partial charge is 0.381 e. The van der Waals surface area contributed by atoms with Crippen molar-refractivity contribution in [2.45, 2.75) is 44.6 Å². The molecule has 1 unspecified atom stereocenters. The monoisotopic (exact) mass is 433 g/mol. The minimum Gasteiger partial charge on any atom is -0.381 e. The van der Waals surface area contributed by atoms with Gasteiger partial charge in [0, 0.05) is 32.8 Å². The molecule has 3 N–H and O–H groups in total. The summed E-state index contributed by atoms with van der Waals surface area (Å²) in [6.07, 6.45) is 1.23. The molecule has 160 valence electrons. The minimum absolute atomic E-state index is 0. The number of ether oxygens (including phenoxy) is 1. The second-order valence-electron chi connectivity index (χ2n) is 6.95. The molecular formula is C19H32ClN3O4S. The minimum atomic E-state index is -3.48. The van der Waals surface area contributed by atoms with Crippen molar-refractivity contribution in [1.82, 2.24) is 9.62 Å². The van der Waals surface area contributed by atoms with E-state index in [-0.39, 0.29) is 35.8 Å². The summed E-state index contributed by atoms with van der Waals surface area (Å²) in [5.74, 6) is -0.0689. The third-order valence-corrected chi connectivity index (χ3v) is 7.46. The second-order valence-corrected chi connectivity index (χ2v) is 8.89. The van der Waals surface area contributed by atoms with E-state index >= 15 is 0 Å². The lowest BCUT2D eigenvalue weighted by atomic mass is 9.79. The molecule has 1 saturated heterocycles. The number of hydrogen-bond acceptors (Lipinski definition) is 5. The van der Waals surface area contributed by atoms with Gasteiger partial charge < -0.3 is 15.8 Å². The first-order valence-electron chi connectivity index (χ1n) is 9.49. The maximum Gasteiger partial charge on any atom is 0.243 e. The number of carbonyl (C=O) groups excluding carboxylic acids is 1. The number of rotatable bonds is 8. The highest BCUT2D eigenvalue weighted by atomic mass is 35.5. The number of halogens is 1. The van der Waals surface area contributed by atoms with Gasteiger partial charge in [0.25, 0.3) is 0 Å². The van der Waals surface area contributed by atoms with Gasteiger partial charge in [-0.05, 0) is 37.5 Å². The fraction of sp³-hybridized carbons (Fsp3) is 0.632. The van der Waals surface area contributed by atoms with E-state index in [1.807, 2.05) is 20.8 Å². The second kappa shape index (κ2) is 10.5. The number of hydrogen-bond donors (Lipinski definition) is 2. The van der Waals surface area contributed by atoms with Crippen LogP contribution < -0.4 is 11.1 Å². The predicted molar refractivity (Wildman–Crippen MR) is 112 cm³/mol. The number of benzene rings is 1. The summed E-state index contributed by atoms with van der Waals surface area (Å²) in [6.45, 7) is 7.74. The van der Waals surface area contributed by atoms with Crippen LogP contribution in [0.15, 0.2) is 29.2 Å². The van der Waals surface area contributed by atoms with Gasteiger partial charge in [-0.3, -0.25) is 4.79 Å². The lowest BCUT2D eigenvalue weighted by Crippen LogP contribution is -2.49. The molecule has 0 radical (unpaired) electrons. The molecule has 0 aliphatic carbocycles. The van der Waals surface area contributed by atoms with Crippen molar-refractivity contribution in [3.63, 3.8) is 0 Å². The molecule has 1 aliphatic rings. The summed E-state index contributed by atoms with van der Waals surface area (Å²) in [5.41, 5.74) is 6.15. The van der Waals surface area contributed by atoms with Gasteiger partial charge in [0.2, 0.25) is 15.9 Å². The summed E-state index contributed by atoms with van der Waals surface area (Å²) in [4.78, 5) is 13.0. The first-order valence-corrected chi connectivity index (χ1v) is 10.9. The molecule has 1 atom stereocenters. The van der Waals surface area contributed by atoms with Gasteiger partial charge in [-0.1, -0.05) is 26.0 Å². The van der Waals surface area contributed by atoms with E-state index in [2.05, 4.69) is 5.32 Å². The van der Waals surface area contributed by atoms with Crippen LogP contribution in [0.1, 0.15) is 45.2 Å². The Labute approximate surface area is 174 Å². The first-order chi connectivity index (χ1) is 12.8.